The summed E-state index contributed by atoms with van der Waals surface area (Å²) in [4.78, 5) is 68.8. The van der Waals surface area contributed by atoms with Crippen molar-refractivity contribution in [2.45, 2.75) is 58.3 Å². The van der Waals surface area contributed by atoms with Gasteiger partial charge in [0.15, 0.2) is 0 Å². The van der Waals surface area contributed by atoms with E-state index < -0.39 is 23.4 Å². The van der Waals surface area contributed by atoms with Crippen molar-refractivity contribution in [2.24, 2.45) is 0 Å². The first kappa shape index (κ1) is 57.2. The van der Waals surface area contributed by atoms with E-state index in [9.17, 15) is 24.0 Å². The maximum Gasteiger partial charge on any atom is 0.340 e. The number of benzene rings is 1. The van der Waals surface area contributed by atoms with Crippen LogP contribution in [-0.2, 0) is 82.5 Å². The Balaban J connectivity index is 1.16. The van der Waals surface area contributed by atoms with Crippen molar-refractivity contribution in [1.82, 2.24) is 9.96 Å². The molecule has 0 spiro atoms. The minimum absolute atomic E-state index is 0.0144. The lowest BCUT2D eigenvalue weighted by Crippen LogP contribution is -2.36. The smallest absolute Gasteiger partial charge is 0.340 e. The minimum Gasteiger partial charge on any atom is -0.422 e. The Hall–Kier alpha value is -4.13. The van der Waals surface area contributed by atoms with E-state index in [0.29, 0.717) is 205 Å². The number of rotatable bonds is 43. The van der Waals surface area contributed by atoms with E-state index in [4.69, 9.17) is 67.1 Å². The Morgan fingerprint density at radius 2 is 1.03 bits per heavy atom. The fraction of sp³-hybridized carbons (Fsp3) is 0.717. The maximum atomic E-state index is 13.6. The molecule has 0 saturated carbocycles. The van der Waals surface area contributed by atoms with Crippen molar-refractivity contribution in [3.63, 3.8) is 0 Å². The van der Waals surface area contributed by atoms with Crippen molar-refractivity contribution < 1.29 is 80.5 Å². The summed E-state index contributed by atoms with van der Waals surface area (Å²) in [6.07, 6.45) is 2.05. The number of fused-ring (bicyclic) bond motifs is 1. The van der Waals surface area contributed by atoms with Crippen LogP contribution in [0, 0.1) is 6.92 Å². The van der Waals surface area contributed by atoms with E-state index in [0.717, 1.165) is 0 Å². The number of anilines is 1. The summed E-state index contributed by atoms with van der Waals surface area (Å²) >= 11 is 0. The van der Waals surface area contributed by atoms with Crippen molar-refractivity contribution in [3.05, 3.63) is 39.7 Å². The highest BCUT2D eigenvalue weighted by Crippen LogP contribution is 2.22. The molecule has 0 unspecified atom stereocenters. The monoisotopic (exact) mass is 955 g/mol. The second kappa shape index (κ2) is 36.9. The molecular weight excluding hydrogens is 883 g/mol. The summed E-state index contributed by atoms with van der Waals surface area (Å²) in [7, 11) is 1.64. The van der Waals surface area contributed by atoms with Gasteiger partial charge in [-0.2, -0.15) is 0 Å². The molecule has 380 valence electrons. The lowest BCUT2D eigenvalue weighted by Gasteiger charge is -2.23. The van der Waals surface area contributed by atoms with Crippen LogP contribution in [-0.4, -0.2) is 193 Å². The third-order valence-electron chi connectivity index (χ3n) is 10.00. The molecule has 21 nitrogen and oxygen atoms in total. The number of methoxy groups -OCH3 is 1. The summed E-state index contributed by atoms with van der Waals surface area (Å²) in [6, 6.07) is 5.06. The fourth-order valence-electron chi connectivity index (χ4n) is 6.37. The topological polar surface area (TPSA) is 242 Å². The third-order valence-corrected chi connectivity index (χ3v) is 10.00. The number of aryl methyl sites for hydroxylation is 1. The summed E-state index contributed by atoms with van der Waals surface area (Å²) in [5.74, 6) is -1.97. The number of hydrogen-bond acceptors (Lipinski definition) is 19. The highest BCUT2D eigenvalue weighted by Gasteiger charge is 2.32. The van der Waals surface area contributed by atoms with Gasteiger partial charge in [0.2, 0.25) is 5.91 Å². The van der Waals surface area contributed by atoms with Crippen LogP contribution in [0.5, 0.6) is 0 Å². The molecule has 1 aromatic carbocycles. The van der Waals surface area contributed by atoms with Crippen LogP contribution in [0.1, 0.15) is 56.1 Å². The molecule has 2 heterocycles. The lowest BCUT2D eigenvalue weighted by molar-refractivity contribution is -0.197. The highest BCUT2D eigenvalue weighted by atomic mass is 16.7. The van der Waals surface area contributed by atoms with Gasteiger partial charge < -0.3 is 72.0 Å². The number of imide groups is 1. The molecule has 2 N–H and O–H groups in total. The Morgan fingerprint density at radius 1 is 0.597 bits per heavy atom. The molecule has 0 atom stereocenters. The largest absolute Gasteiger partial charge is 0.422 e. The van der Waals surface area contributed by atoms with Gasteiger partial charge in [0, 0.05) is 63.2 Å². The lowest BCUT2D eigenvalue weighted by atomic mass is 10.0. The molecular formula is C46H73N3O18. The molecule has 1 aliphatic rings. The number of nitrogen functional groups attached to an aromatic ring is 1. The van der Waals surface area contributed by atoms with Crippen molar-refractivity contribution in [1.29, 1.82) is 0 Å². The quantitative estimate of drug-likeness (QED) is 0.0434. The molecule has 3 rings (SSSR count). The first-order chi connectivity index (χ1) is 32.7. The average molecular weight is 956 g/mol. The number of carbonyl (C=O) groups excluding carboxylic acids is 4. The van der Waals surface area contributed by atoms with E-state index in [2.05, 4.69) is 0 Å². The zero-order valence-electron chi connectivity index (χ0n) is 39.5. The van der Waals surface area contributed by atoms with Crippen molar-refractivity contribution in [3.8, 4) is 0 Å². The number of nitrogens with two attached hydrogens (primary N) is 1. The number of carbonyl (C=O) groups is 4. The predicted molar refractivity (Wildman–Crippen MR) is 242 cm³/mol. The number of ether oxygens (including phenoxy) is 11. The second-order valence-corrected chi connectivity index (χ2v) is 15.1. The second-order valence-electron chi connectivity index (χ2n) is 15.1. The van der Waals surface area contributed by atoms with Crippen LogP contribution in [0.25, 0.3) is 11.0 Å². The van der Waals surface area contributed by atoms with E-state index in [1.54, 1.807) is 37.1 Å². The molecule has 1 saturated heterocycles. The standard InChI is InChI=1S/C46H73N3O18/c1-37-39-9-8-38(47)35-41(39)66-46(54)40(37)36-44(52)48(12-5-3-4-7-45(53)67-49-42(50)10-11-43(49)51)13-6-14-56-17-18-58-21-22-60-25-26-62-29-30-64-33-34-65-32-31-63-28-27-61-24-23-59-20-19-57-16-15-55-2/h8-9,35H,3-7,10-34,36,47H2,1-2H3. The molecule has 1 fully saturated rings. The summed E-state index contributed by atoms with van der Waals surface area (Å²) < 4.78 is 65.5. The van der Waals surface area contributed by atoms with E-state index in [-0.39, 0.29) is 37.2 Å². The van der Waals surface area contributed by atoms with Gasteiger partial charge in [-0.05, 0) is 43.9 Å². The Bertz CT molecular complexity index is 1730. The van der Waals surface area contributed by atoms with Gasteiger partial charge in [-0.1, -0.05) is 6.42 Å². The molecule has 1 aromatic heterocycles. The van der Waals surface area contributed by atoms with Crippen LogP contribution in [0.4, 0.5) is 5.69 Å². The number of unbranched alkanes of at least 4 members (excludes halogenated alkanes) is 2. The number of nitrogens with zero attached hydrogens (tertiary/aromatic N) is 2. The highest BCUT2D eigenvalue weighted by molar-refractivity contribution is 6.01. The molecule has 0 bridgehead atoms. The molecule has 21 heteroatoms. The van der Waals surface area contributed by atoms with Crippen molar-refractivity contribution in [2.75, 3.05) is 165 Å². The van der Waals surface area contributed by atoms with Gasteiger partial charge >= 0.3 is 11.6 Å². The van der Waals surface area contributed by atoms with Gasteiger partial charge in [0.25, 0.3) is 11.8 Å². The number of hydroxylamine groups is 2. The normalized spacial score (nSPS) is 12.8. The zero-order chi connectivity index (χ0) is 48.2. The van der Waals surface area contributed by atoms with Gasteiger partial charge in [0.1, 0.15) is 5.58 Å². The Kier molecular flexibility index (Phi) is 31.5. The average Bonchev–Trinajstić information content (AvgIpc) is 3.62. The summed E-state index contributed by atoms with van der Waals surface area (Å²) in [6.45, 7) is 12.3. The predicted octanol–water partition coefficient (Wildman–Crippen LogP) is 2.42. The van der Waals surface area contributed by atoms with Crippen LogP contribution in [0.3, 0.4) is 0 Å². The van der Waals surface area contributed by atoms with E-state index in [1.165, 1.54) is 0 Å². The maximum absolute atomic E-state index is 13.6. The van der Waals surface area contributed by atoms with Crippen molar-refractivity contribution >= 4 is 40.3 Å². The first-order valence-electron chi connectivity index (χ1n) is 23.1. The van der Waals surface area contributed by atoms with Crippen LogP contribution >= 0.6 is 0 Å². The van der Waals surface area contributed by atoms with E-state index in [1.807, 2.05) is 0 Å². The van der Waals surface area contributed by atoms with Crippen LogP contribution < -0.4 is 11.4 Å². The molecule has 2 aromatic rings. The molecule has 3 amide bonds. The number of amides is 3. The summed E-state index contributed by atoms with van der Waals surface area (Å²) in [5, 5.41) is 1.24. The van der Waals surface area contributed by atoms with Crippen LogP contribution in [0.2, 0.25) is 0 Å². The Labute approximate surface area is 392 Å². The molecule has 67 heavy (non-hydrogen) atoms. The first-order valence-corrected chi connectivity index (χ1v) is 23.1. The molecule has 0 aliphatic carbocycles. The summed E-state index contributed by atoms with van der Waals surface area (Å²) in [5.41, 5.74) is 7.03. The van der Waals surface area contributed by atoms with E-state index >= 15 is 0 Å². The third kappa shape index (κ3) is 25.7. The Morgan fingerprint density at radius 3 is 1.49 bits per heavy atom. The van der Waals surface area contributed by atoms with Crippen LogP contribution in [0.15, 0.2) is 27.4 Å². The SMILES string of the molecule is COCCOCCOCCOCCOCCOCCOCCOCCOCCOCCOCCCN(CCCCCC(=O)ON1C(=O)CCC1=O)C(=O)Cc1c(C)c2ccc(N)cc2oc1=O. The van der Waals surface area contributed by atoms with Gasteiger partial charge in [-0.25, -0.2) is 9.59 Å². The molecule has 1 aliphatic heterocycles. The van der Waals surface area contributed by atoms with Gasteiger partial charge in [-0.3, -0.25) is 14.4 Å². The van der Waals surface area contributed by atoms with Gasteiger partial charge in [-0.15, -0.1) is 5.06 Å². The minimum atomic E-state index is -0.667. The number of hydrogen-bond donors (Lipinski definition) is 1. The van der Waals surface area contributed by atoms with Gasteiger partial charge in [0.05, 0.1) is 144 Å². The zero-order valence-corrected chi connectivity index (χ0v) is 39.5. The molecule has 0 radical (unpaired) electrons. The fourth-order valence-corrected chi connectivity index (χ4v) is 6.37.